The lowest BCUT2D eigenvalue weighted by molar-refractivity contribution is -0.256. The standard InChI is InChI=1S/C22H25NO5/c1-15-13-16(2)20-17(14-15)22(27-10-6-11-28-22)21(24)23(20)9-12-26-19-8-5-4-7-18(19)25-3/h4-5,7-8,13-14H,6,9-12H2,1-3H3. The molecule has 2 aliphatic rings. The molecule has 2 aromatic rings. The third-order valence-corrected chi connectivity index (χ3v) is 5.14. The molecular weight excluding hydrogens is 358 g/mol. The van der Waals surface area contributed by atoms with E-state index in [1.165, 1.54) is 0 Å². The first-order chi connectivity index (χ1) is 13.6. The minimum Gasteiger partial charge on any atom is -0.493 e. The molecule has 6 heteroatoms. The van der Waals surface area contributed by atoms with Crippen LogP contribution in [0.3, 0.4) is 0 Å². The average Bonchev–Trinajstić information content (AvgIpc) is 2.92. The van der Waals surface area contributed by atoms with Crippen molar-refractivity contribution in [1.82, 2.24) is 0 Å². The highest BCUT2D eigenvalue weighted by Gasteiger charge is 2.55. The number of carbonyl (C=O) groups excluding carboxylic acids is 1. The molecule has 2 aliphatic heterocycles. The first kappa shape index (κ1) is 18.8. The van der Waals surface area contributed by atoms with E-state index in [0.29, 0.717) is 37.9 Å². The number of hydrogen-bond donors (Lipinski definition) is 0. The van der Waals surface area contributed by atoms with Gasteiger partial charge in [-0.05, 0) is 44.0 Å². The molecule has 0 radical (unpaired) electrons. The molecule has 0 N–H and O–H groups in total. The summed E-state index contributed by atoms with van der Waals surface area (Å²) >= 11 is 0. The summed E-state index contributed by atoms with van der Waals surface area (Å²) in [5.41, 5.74) is 3.76. The van der Waals surface area contributed by atoms with Gasteiger partial charge in [-0.25, -0.2) is 0 Å². The third-order valence-electron chi connectivity index (χ3n) is 5.14. The van der Waals surface area contributed by atoms with E-state index in [4.69, 9.17) is 18.9 Å². The fourth-order valence-electron chi connectivity index (χ4n) is 3.97. The average molecular weight is 383 g/mol. The van der Waals surface area contributed by atoms with Crippen LogP contribution in [0.15, 0.2) is 36.4 Å². The van der Waals surface area contributed by atoms with Crippen LogP contribution in [0.4, 0.5) is 5.69 Å². The second kappa shape index (κ2) is 7.45. The molecule has 2 aromatic carbocycles. The Hall–Kier alpha value is -2.57. The highest BCUT2D eigenvalue weighted by atomic mass is 16.7. The Bertz CT molecular complexity index is 888. The number of ether oxygens (including phenoxy) is 4. The highest BCUT2D eigenvalue weighted by Crippen LogP contribution is 2.47. The molecule has 4 rings (SSSR count). The summed E-state index contributed by atoms with van der Waals surface area (Å²) in [6, 6.07) is 11.5. The summed E-state index contributed by atoms with van der Waals surface area (Å²) in [5, 5.41) is 0. The first-order valence-corrected chi connectivity index (χ1v) is 9.54. The van der Waals surface area contributed by atoms with Gasteiger partial charge in [0.2, 0.25) is 0 Å². The van der Waals surface area contributed by atoms with Crippen LogP contribution in [0.1, 0.15) is 23.1 Å². The number of benzene rings is 2. The van der Waals surface area contributed by atoms with Gasteiger partial charge >= 0.3 is 0 Å². The van der Waals surface area contributed by atoms with E-state index in [1.54, 1.807) is 12.0 Å². The minimum absolute atomic E-state index is 0.181. The van der Waals surface area contributed by atoms with Crippen molar-refractivity contribution in [3.05, 3.63) is 53.1 Å². The fraction of sp³-hybridized carbons (Fsp3) is 0.409. The van der Waals surface area contributed by atoms with E-state index in [-0.39, 0.29) is 5.91 Å². The van der Waals surface area contributed by atoms with E-state index in [1.807, 2.05) is 44.2 Å². The Labute approximate surface area is 165 Å². The fourth-order valence-corrected chi connectivity index (χ4v) is 3.97. The van der Waals surface area contributed by atoms with E-state index in [0.717, 1.165) is 28.8 Å². The number of para-hydroxylation sites is 2. The third kappa shape index (κ3) is 3.02. The lowest BCUT2D eigenvalue weighted by Gasteiger charge is -2.32. The molecule has 6 nitrogen and oxygen atoms in total. The van der Waals surface area contributed by atoms with Crippen molar-refractivity contribution >= 4 is 11.6 Å². The molecule has 0 aliphatic carbocycles. The lowest BCUT2D eigenvalue weighted by atomic mass is 10.00. The molecule has 0 bridgehead atoms. The minimum atomic E-state index is -1.32. The molecule has 1 spiro atoms. The molecule has 0 saturated carbocycles. The van der Waals surface area contributed by atoms with E-state index in [2.05, 4.69) is 6.07 Å². The molecule has 0 aromatic heterocycles. The van der Waals surface area contributed by atoms with Gasteiger partial charge in [-0.1, -0.05) is 23.8 Å². The van der Waals surface area contributed by atoms with Crippen LogP contribution >= 0.6 is 0 Å². The summed E-state index contributed by atoms with van der Waals surface area (Å²) in [7, 11) is 1.61. The SMILES string of the molecule is COc1ccccc1OCCN1C(=O)C2(OCCCO2)c2cc(C)cc(C)c21. The van der Waals surface area contributed by atoms with Crippen LogP contribution < -0.4 is 14.4 Å². The number of nitrogens with zero attached hydrogens (tertiary/aromatic N) is 1. The number of aryl methyl sites for hydroxylation is 2. The molecule has 0 atom stereocenters. The summed E-state index contributed by atoms with van der Waals surface area (Å²) in [6.45, 7) is 5.75. The van der Waals surface area contributed by atoms with Gasteiger partial charge in [-0.3, -0.25) is 4.79 Å². The maximum atomic E-state index is 13.4. The topological polar surface area (TPSA) is 57.2 Å². The van der Waals surface area contributed by atoms with Gasteiger partial charge in [0.25, 0.3) is 11.7 Å². The normalized spacial score (nSPS) is 17.7. The largest absolute Gasteiger partial charge is 0.493 e. The first-order valence-electron chi connectivity index (χ1n) is 9.54. The Morgan fingerprint density at radius 3 is 2.54 bits per heavy atom. The zero-order chi connectivity index (χ0) is 19.7. The van der Waals surface area contributed by atoms with Crippen molar-refractivity contribution < 1.29 is 23.7 Å². The van der Waals surface area contributed by atoms with Gasteiger partial charge in [0.05, 0.1) is 32.6 Å². The van der Waals surface area contributed by atoms with Crippen molar-refractivity contribution in [1.29, 1.82) is 0 Å². The lowest BCUT2D eigenvalue weighted by Crippen LogP contribution is -2.48. The molecule has 28 heavy (non-hydrogen) atoms. The van der Waals surface area contributed by atoms with Crippen LogP contribution in [0.5, 0.6) is 11.5 Å². The molecule has 2 heterocycles. The maximum Gasteiger partial charge on any atom is 0.292 e. The number of rotatable bonds is 5. The predicted octanol–water partition coefficient (Wildman–Crippen LogP) is 3.33. The predicted molar refractivity (Wildman–Crippen MR) is 105 cm³/mol. The van der Waals surface area contributed by atoms with Gasteiger partial charge in [-0.2, -0.15) is 0 Å². The second-order valence-electron chi connectivity index (χ2n) is 7.10. The zero-order valence-electron chi connectivity index (χ0n) is 16.5. The van der Waals surface area contributed by atoms with E-state index < -0.39 is 5.79 Å². The van der Waals surface area contributed by atoms with Crippen LogP contribution in [-0.2, 0) is 20.1 Å². The summed E-state index contributed by atoms with van der Waals surface area (Å²) in [6.07, 6.45) is 0.784. The van der Waals surface area contributed by atoms with Crippen LogP contribution in [-0.4, -0.2) is 39.4 Å². The number of fused-ring (bicyclic) bond motifs is 2. The number of carbonyl (C=O) groups is 1. The monoisotopic (exact) mass is 383 g/mol. The number of anilines is 1. The quantitative estimate of drug-likeness (QED) is 0.793. The van der Waals surface area contributed by atoms with Crippen LogP contribution in [0, 0.1) is 13.8 Å². The van der Waals surface area contributed by atoms with E-state index >= 15 is 0 Å². The van der Waals surface area contributed by atoms with Gasteiger partial charge in [0, 0.05) is 5.56 Å². The van der Waals surface area contributed by atoms with Crippen LogP contribution in [0.25, 0.3) is 0 Å². The number of methoxy groups -OCH3 is 1. The van der Waals surface area contributed by atoms with Gasteiger partial charge in [-0.15, -0.1) is 0 Å². The number of amides is 1. The zero-order valence-corrected chi connectivity index (χ0v) is 16.5. The molecule has 1 fully saturated rings. The van der Waals surface area contributed by atoms with Crippen molar-refractivity contribution in [3.63, 3.8) is 0 Å². The smallest absolute Gasteiger partial charge is 0.292 e. The van der Waals surface area contributed by atoms with Crippen molar-refractivity contribution in [3.8, 4) is 11.5 Å². The molecule has 0 unspecified atom stereocenters. The highest BCUT2D eigenvalue weighted by molar-refractivity contribution is 6.07. The Balaban J connectivity index is 1.60. The van der Waals surface area contributed by atoms with Crippen molar-refractivity contribution in [2.24, 2.45) is 0 Å². The van der Waals surface area contributed by atoms with Gasteiger partial charge < -0.3 is 23.8 Å². The molecule has 148 valence electrons. The Kier molecular flexibility index (Phi) is 5.00. The Morgan fingerprint density at radius 1 is 1.11 bits per heavy atom. The summed E-state index contributed by atoms with van der Waals surface area (Å²) in [4.78, 5) is 15.1. The Morgan fingerprint density at radius 2 is 1.82 bits per heavy atom. The van der Waals surface area contributed by atoms with Crippen molar-refractivity contribution in [2.75, 3.05) is 38.4 Å². The molecular formula is C22H25NO5. The van der Waals surface area contributed by atoms with Gasteiger partial charge in [0.15, 0.2) is 11.5 Å². The molecule has 1 amide bonds. The summed E-state index contributed by atoms with van der Waals surface area (Å²) in [5.74, 6) is -0.191. The summed E-state index contributed by atoms with van der Waals surface area (Å²) < 4.78 is 23.1. The van der Waals surface area contributed by atoms with Gasteiger partial charge in [0.1, 0.15) is 6.61 Å². The second-order valence-corrected chi connectivity index (χ2v) is 7.10. The van der Waals surface area contributed by atoms with Crippen molar-refractivity contribution in [2.45, 2.75) is 26.1 Å². The molecule has 1 saturated heterocycles. The van der Waals surface area contributed by atoms with E-state index in [9.17, 15) is 4.79 Å². The number of hydrogen-bond acceptors (Lipinski definition) is 5. The van der Waals surface area contributed by atoms with Crippen LogP contribution in [0.2, 0.25) is 0 Å². The maximum absolute atomic E-state index is 13.4.